The molecule has 0 saturated heterocycles. The molecule has 4 nitrogen and oxygen atoms in total. The summed E-state index contributed by atoms with van der Waals surface area (Å²) in [5, 5.41) is 3.30. The van der Waals surface area contributed by atoms with E-state index in [-0.39, 0.29) is 10.6 Å². The number of rotatable bonds is 4. The average molecular weight is 260 g/mol. The summed E-state index contributed by atoms with van der Waals surface area (Å²) >= 11 is 7.72. The van der Waals surface area contributed by atoms with Crippen LogP contribution in [0.2, 0.25) is 5.02 Å². The second kappa shape index (κ2) is 4.67. The number of aromatic nitrogens is 2. The number of thioether (sulfide) groups is 1. The first-order valence-electron chi connectivity index (χ1n) is 5.19. The van der Waals surface area contributed by atoms with Gasteiger partial charge in [0, 0.05) is 11.3 Å². The molecule has 1 heterocycles. The summed E-state index contributed by atoms with van der Waals surface area (Å²) < 4.78 is 0.299. The van der Waals surface area contributed by atoms with Crippen molar-refractivity contribution < 1.29 is 0 Å². The molecule has 2 rings (SSSR count). The smallest absolute Gasteiger partial charge is 0.271 e. The number of anilines is 1. The van der Waals surface area contributed by atoms with E-state index in [1.54, 1.807) is 0 Å². The molecule has 0 unspecified atom stereocenters. The third-order valence-corrected chi connectivity index (χ3v) is 4.84. The lowest BCUT2D eigenvalue weighted by molar-refractivity contribution is 0.379. The van der Waals surface area contributed by atoms with Crippen LogP contribution in [0.25, 0.3) is 0 Å². The molecule has 0 aliphatic heterocycles. The highest BCUT2D eigenvalue weighted by Gasteiger charge is 2.36. The summed E-state index contributed by atoms with van der Waals surface area (Å²) in [4.78, 5) is 17.7. The van der Waals surface area contributed by atoms with Crippen LogP contribution >= 0.6 is 23.4 Å². The van der Waals surface area contributed by atoms with Crippen molar-refractivity contribution in [3.63, 3.8) is 0 Å². The Morgan fingerprint density at radius 2 is 2.44 bits per heavy atom. The summed E-state index contributed by atoms with van der Waals surface area (Å²) in [6.07, 6.45) is 7.18. The minimum Gasteiger partial charge on any atom is -0.367 e. The van der Waals surface area contributed by atoms with Crippen LogP contribution in [-0.2, 0) is 0 Å². The topological polar surface area (TPSA) is 57.8 Å². The predicted octanol–water partition coefficient (Wildman–Crippen LogP) is 2.12. The molecule has 1 aliphatic rings. The molecule has 16 heavy (non-hydrogen) atoms. The highest BCUT2D eigenvalue weighted by Crippen LogP contribution is 2.42. The second-order valence-electron chi connectivity index (χ2n) is 3.99. The first-order chi connectivity index (χ1) is 7.67. The van der Waals surface area contributed by atoms with Crippen molar-refractivity contribution in [2.75, 3.05) is 18.1 Å². The Balaban J connectivity index is 2.04. The number of halogens is 1. The van der Waals surface area contributed by atoms with Gasteiger partial charge in [-0.3, -0.25) is 4.79 Å². The lowest BCUT2D eigenvalue weighted by Gasteiger charge is -2.40. The molecule has 1 aromatic rings. The second-order valence-corrected chi connectivity index (χ2v) is 5.64. The van der Waals surface area contributed by atoms with Crippen LogP contribution in [-0.4, -0.2) is 27.5 Å². The fraction of sp³-hybridized carbons (Fsp3) is 0.600. The SMILES string of the molecule is CSC1(CNc2nc[nH]c(=O)c2Cl)CCC1. The van der Waals surface area contributed by atoms with Crippen LogP contribution in [0, 0.1) is 0 Å². The third-order valence-electron chi connectivity index (χ3n) is 3.07. The minimum absolute atomic E-state index is 0.137. The van der Waals surface area contributed by atoms with Gasteiger partial charge < -0.3 is 10.3 Å². The van der Waals surface area contributed by atoms with Crippen LogP contribution in [0.1, 0.15) is 19.3 Å². The van der Waals surface area contributed by atoms with Gasteiger partial charge in [0.25, 0.3) is 5.56 Å². The van der Waals surface area contributed by atoms with Gasteiger partial charge >= 0.3 is 0 Å². The van der Waals surface area contributed by atoms with E-state index < -0.39 is 0 Å². The molecular weight excluding hydrogens is 246 g/mol. The molecule has 1 saturated carbocycles. The van der Waals surface area contributed by atoms with Crippen molar-refractivity contribution in [1.82, 2.24) is 9.97 Å². The molecule has 1 aromatic heterocycles. The maximum Gasteiger partial charge on any atom is 0.271 e. The molecule has 2 N–H and O–H groups in total. The zero-order valence-electron chi connectivity index (χ0n) is 9.05. The van der Waals surface area contributed by atoms with Gasteiger partial charge in [0.05, 0.1) is 6.33 Å². The largest absolute Gasteiger partial charge is 0.367 e. The number of hydrogen-bond acceptors (Lipinski definition) is 4. The van der Waals surface area contributed by atoms with E-state index in [1.165, 1.54) is 25.6 Å². The normalized spacial score (nSPS) is 17.9. The van der Waals surface area contributed by atoms with Crippen molar-refractivity contribution in [1.29, 1.82) is 0 Å². The van der Waals surface area contributed by atoms with E-state index in [1.807, 2.05) is 11.8 Å². The quantitative estimate of drug-likeness (QED) is 0.870. The number of hydrogen-bond donors (Lipinski definition) is 2. The number of nitrogens with one attached hydrogen (secondary N) is 2. The minimum atomic E-state index is -0.300. The first-order valence-corrected chi connectivity index (χ1v) is 6.79. The summed E-state index contributed by atoms with van der Waals surface area (Å²) in [6, 6.07) is 0. The van der Waals surface area contributed by atoms with Gasteiger partial charge in [-0.1, -0.05) is 18.0 Å². The van der Waals surface area contributed by atoms with Crippen molar-refractivity contribution in [3.05, 3.63) is 21.7 Å². The fourth-order valence-corrected chi connectivity index (χ4v) is 2.86. The lowest BCUT2D eigenvalue weighted by atomic mass is 9.84. The number of H-pyrrole nitrogens is 1. The van der Waals surface area contributed by atoms with Crippen LogP contribution in [0.5, 0.6) is 0 Å². The fourth-order valence-electron chi connectivity index (χ4n) is 1.78. The van der Waals surface area contributed by atoms with E-state index in [0.29, 0.717) is 10.6 Å². The highest BCUT2D eigenvalue weighted by molar-refractivity contribution is 8.00. The van der Waals surface area contributed by atoms with Gasteiger partial charge in [-0.2, -0.15) is 11.8 Å². The molecule has 1 fully saturated rings. The number of aromatic amines is 1. The molecule has 88 valence electrons. The molecule has 6 heteroatoms. The molecule has 0 aromatic carbocycles. The van der Waals surface area contributed by atoms with E-state index >= 15 is 0 Å². The Morgan fingerprint density at radius 1 is 1.69 bits per heavy atom. The van der Waals surface area contributed by atoms with Crippen molar-refractivity contribution >= 4 is 29.2 Å². The van der Waals surface area contributed by atoms with Gasteiger partial charge in [-0.25, -0.2) is 4.98 Å². The van der Waals surface area contributed by atoms with E-state index in [4.69, 9.17) is 11.6 Å². The Kier molecular flexibility index (Phi) is 3.44. The monoisotopic (exact) mass is 259 g/mol. The lowest BCUT2D eigenvalue weighted by Crippen LogP contribution is -2.40. The van der Waals surface area contributed by atoms with E-state index in [9.17, 15) is 4.79 Å². The summed E-state index contributed by atoms with van der Waals surface area (Å²) in [5.41, 5.74) is -0.300. The van der Waals surface area contributed by atoms with Crippen molar-refractivity contribution in [2.24, 2.45) is 0 Å². The van der Waals surface area contributed by atoms with Gasteiger partial charge in [0.15, 0.2) is 5.82 Å². The predicted molar refractivity (Wildman–Crippen MR) is 68.5 cm³/mol. The molecule has 0 amide bonds. The average Bonchev–Trinajstić information content (AvgIpc) is 2.23. The standard InChI is InChI=1S/C10H14ClN3OS/c1-16-10(3-2-4-10)5-12-8-7(11)9(15)14-6-13-8/h6H,2-5H2,1H3,(H2,12,13,14,15). The number of nitrogens with zero attached hydrogens (tertiary/aromatic N) is 1. The molecule has 0 radical (unpaired) electrons. The van der Waals surface area contributed by atoms with Gasteiger partial charge in [0.2, 0.25) is 0 Å². The Bertz CT molecular complexity index is 425. The third kappa shape index (κ3) is 2.20. The molecule has 1 aliphatic carbocycles. The maximum absolute atomic E-state index is 11.2. The zero-order chi connectivity index (χ0) is 11.6. The summed E-state index contributed by atoms with van der Waals surface area (Å²) in [5.74, 6) is 0.478. The van der Waals surface area contributed by atoms with E-state index in [2.05, 4.69) is 21.5 Å². The highest BCUT2D eigenvalue weighted by atomic mass is 35.5. The van der Waals surface area contributed by atoms with Crippen molar-refractivity contribution in [2.45, 2.75) is 24.0 Å². The molecular formula is C10H14ClN3OS. The molecule has 0 bridgehead atoms. The Labute approximate surface area is 103 Å². The van der Waals surface area contributed by atoms with Gasteiger partial charge in [-0.15, -0.1) is 0 Å². The summed E-state index contributed by atoms with van der Waals surface area (Å²) in [7, 11) is 0. The Morgan fingerprint density at radius 3 is 3.00 bits per heavy atom. The van der Waals surface area contributed by atoms with Crippen LogP contribution < -0.4 is 10.9 Å². The van der Waals surface area contributed by atoms with Crippen molar-refractivity contribution in [3.8, 4) is 0 Å². The molecule has 0 spiro atoms. The first kappa shape index (κ1) is 11.8. The Hall–Kier alpha value is -0.680. The maximum atomic E-state index is 11.2. The summed E-state index contributed by atoms with van der Waals surface area (Å²) in [6.45, 7) is 0.810. The molecule has 0 atom stereocenters. The van der Waals surface area contributed by atoms with Crippen LogP contribution in [0.15, 0.2) is 11.1 Å². The van der Waals surface area contributed by atoms with E-state index in [0.717, 1.165) is 6.54 Å². The van der Waals surface area contributed by atoms with Crippen LogP contribution in [0.3, 0.4) is 0 Å². The van der Waals surface area contributed by atoms with Crippen LogP contribution in [0.4, 0.5) is 5.82 Å². The zero-order valence-corrected chi connectivity index (χ0v) is 10.6. The van der Waals surface area contributed by atoms with Gasteiger partial charge in [0.1, 0.15) is 5.02 Å². The van der Waals surface area contributed by atoms with Gasteiger partial charge in [-0.05, 0) is 19.1 Å².